The van der Waals surface area contributed by atoms with Crippen molar-refractivity contribution in [2.75, 3.05) is 6.61 Å². The first-order valence-electron chi connectivity index (χ1n) is 13.0. The summed E-state index contributed by atoms with van der Waals surface area (Å²) in [5.74, 6) is -0.275. The summed E-state index contributed by atoms with van der Waals surface area (Å²) >= 11 is 0. The fourth-order valence-electron chi connectivity index (χ4n) is 4.63. The van der Waals surface area contributed by atoms with E-state index in [4.69, 9.17) is 17.1 Å². The molecule has 0 aliphatic carbocycles. The van der Waals surface area contributed by atoms with Gasteiger partial charge in [-0.05, 0) is 89.2 Å². The standard InChI is InChI=1S/C25H50O6Si4.5CH4/c1-11-13-19-28-25(26)22(12-2)20-24(23-17-15-14-16-18-23)21-35(10,30-33(6,7)27)31-34(8,9)29-32(3,4)5;;;;;/h14-18,22,24,27H,11-13,19-21H2,1-10H3;5*1H4. The largest absolute Gasteiger partial charge is 0.465 e. The molecule has 0 aliphatic rings. The van der Waals surface area contributed by atoms with Gasteiger partial charge in [0.2, 0.25) is 0 Å². The molecule has 0 saturated carbocycles. The lowest BCUT2D eigenvalue weighted by molar-refractivity contribution is -0.149. The molecule has 40 heavy (non-hydrogen) atoms. The van der Waals surface area contributed by atoms with Crippen molar-refractivity contribution in [3.8, 4) is 0 Å². The van der Waals surface area contributed by atoms with E-state index in [0.717, 1.165) is 18.4 Å². The molecule has 1 aromatic rings. The first kappa shape index (κ1) is 49.1. The molecule has 0 spiro atoms. The summed E-state index contributed by atoms with van der Waals surface area (Å²) in [6.45, 7) is 20.9. The average molecular weight is 639 g/mol. The SMILES string of the molecule is C.C.C.C.C.CCCCOC(=O)C(CC)CC(C[Si](C)(O[Si](C)(C)O)O[Si](C)(C)O[Si](C)(C)C)c1ccccc1. The van der Waals surface area contributed by atoms with Crippen LogP contribution in [0.5, 0.6) is 0 Å². The second-order valence-electron chi connectivity index (χ2n) is 11.6. The van der Waals surface area contributed by atoms with Crippen molar-refractivity contribution < 1.29 is 26.7 Å². The highest BCUT2D eigenvalue weighted by molar-refractivity contribution is 6.88. The predicted molar refractivity (Wildman–Crippen MR) is 187 cm³/mol. The second-order valence-corrected chi connectivity index (χ2v) is 26.6. The maximum absolute atomic E-state index is 12.9. The quantitative estimate of drug-likeness (QED) is 0.110. The molecule has 0 bridgehead atoms. The lowest BCUT2D eigenvalue weighted by Gasteiger charge is -2.42. The minimum Gasteiger partial charge on any atom is -0.465 e. The van der Waals surface area contributed by atoms with Crippen LogP contribution in [0.4, 0.5) is 0 Å². The predicted octanol–water partition coefficient (Wildman–Crippen LogP) is 10.1. The summed E-state index contributed by atoms with van der Waals surface area (Å²) in [6, 6.07) is 10.9. The molecular weight excluding hydrogens is 569 g/mol. The van der Waals surface area contributed by atoms with Gasteiger partial charge < -0.3 is 21.9 Å². The molecule has 3 unspecified atom stereocenters. The van der Waals surface area contributed by atoms with E-state index in [9.17, 15) is 9.59 Å². The topological polar surface area (TPSA) is 74.2 Å². The van der Waals surface area contributed by atoms with Crippen LogP contribution in [0.2, 0.25) is 58.4 Å². The van der Waals surface area contributed by atoms with E-state index in [1.54, 1.807) is 13.1 Å². The van der Waals surface area contributed by atoms with Crippen LogP contribution < -0.4 is 0 Å². The molecule has 0 aliphatic heterocycles. The van der Waals surface area contributed by atoms with E-state index in [1.165, 1.54) is 0 Å². The summed E-state index contributed by atoms with van der Waals surface area (Å²) in [6.07, 6.45) is 3.25. The van der Waals surface area contributed by atoms with Crippen LogP contribution in [0.1, 0.15) is 88.1 Å². The van der Waals surface area contributed by atoms with Crippen molar-refractivity contribution >= 4 is 40.0 Å². The maximum atomic E-state index is 12.9. The number of hydrogen-bond donors (Lipinski definition) is 1. The van der Waals surface area contributed by atoms with Crippen molar-refractivity contribution in [2.24, 2.45) is 5.92 Å². The number of benzene rings is 1. The zero-order chi connectivity index (χ0) is 26.9. The number of carbonyl (C=O) groups excluding carboxylic acids is 1. The highest BCUT2D eigenvalue weighted by Gasteiger charge is 2.47. The lowest BCUT2D eigenvalue weighted by Crippen LogP contribution is -2.58. The Labute approximate surface area is 255 Å². The Bertz CT molecular complexity index is 766. The summed E-state index contributed by atoms with van der Waals surface area (Å²) in [7, 11) is -10.1. The van der Waals surface area contributed by atoms with Gasteiger partial charge in [-0.3, -0.25) is 4.79 Å². The lowest BCUT2D eigenvalue weighted by atomic mass is 9.88. The zero-order valence-electron chi connectivity index (χ0n) is 23.8. The molecule has 0 fully saturated rings. The van der Waals surface area contributed by atoms with Gasteiger partial charge in [-0.25, -0.2) is 0 Å². The number of hydrogen-bond acceptors (Lipinski definition) is 6. The van der Waals surface area contributed by atoms with E-state index in [-0.39, 0.29) is 54.9 Å². The van der Waals surface area contributed by atoms with Crippen LogP contribution in [0, 0.1) is 5.92 Å². The van der Waals surface area contributed by atoms with E-state index in [0.29, 0.717) is 25.5 Å². The van der Waals surface area contributed by atoms with E-state index in [1.807, 2.05) is 25.1 Å². The summed E-state index contributed by atoms with van der Waals surface area (Å²) in [4.78, 5) is 23.7. The van der Waals surface area contributed by atoms with Crippen molar-refractivity contribution in [1.82, 2.24) is 0 Å². The average Bonchev–Trinajstić information content (AvgIpc) is 2.67. The fourth-order valence-corrected chi connectivity index (χ4v) is 22.0. The highest BCUT2D eigenvalue weighted by atomic mass is 28.5. The molecule has 0 radical (unpaired) electrons. The smallest absolute Gasteiger partial charge is 0.320 e. The molecule has 0 saturated heterocycles. The normalized spacial score (nSPS) is 14.4. The molecular formula is C30H70O6Si4. The van der Waals surface area contributed by atoms with E-state index in [2.05, 4.69) is 58.3 Å². The van der Waals surface area contributed by atoms with Crippen molar-refractivity contribution in [3.05, 3.63) is 35.9 Å². The van der Waals surface area contributed by atoms with Crippen LogP contribution in [0.3, 0.4) is 0 Å². The fraction of sp³-hybridized carbons (Fsp3) is 0.767. The maximum Gasteiger partial charge on any atom is 0.320 e. The highest BCUT2D eigenvalue weighted by Crippen LogP contribution is 2.37. The molecule has 242 valence electrons. The van der Waals surface area contributed by atoms with Crippen LogP contribution in [-0.4, -0.2) is 51.4 Å². The third-order valence-corrected chi connectivity index (χ3v) is 18.6. The monoisotopic (exact) mass is 638 g/mol. The molecule has 0 heterocycles. The Balaban J connectivity index is -0.000000817. The summed E-state index contributed by atoms with van der Waals surface area (Å²) < 4.78 is 25.3. The minimum atomic E-state index is -2.89. The van der Waals surface area contributed by atoms with Crippen LogP contribution in [-0.2, 0) is 21.9 Å². The van der Waals surface area contributed by atoms with Crippen LogP contribution in [0.25, 0.3) is 0 Å². The Morgan fingerprint density at radius 3 is 1.77 bits per heavy atom. The Kier molecular flexibility index (Phi) is 25.9. The number of esters is 1. The van der Waals surface area contributed by atoms with Crippen molar-refractivity contribution in [1.29, 1.82) is 0 Å². The number of unbranched alkanes of at least 4 members (excludes halogenated alkanes) is 1. The van der Waals surface area contributed by atoms with E-state index < -0.39 is 34.0 Å². The van der Waals surface area contributed by atoms with Crippen molar-refractivity contribution in [3.63, 3.8) is 0 Å². The molecule has 1 rings (SSSR count). The first-order valence-corrected chi connectivity index (χ1v) is 24.6. The van der Waals surface area contributed by atoms with Gasteiger partial charge in [0.1, 0.15) is 0 Å². The van der Waals surface area contributed by atoms with Gasteiger partial charge in [-0.1, -0.05) is 87.7 Å². The first-order chi connectivity index (χ1) is 16.0. The number of carbonyl (C=O) groups is 1. The van der Waals surface area contributed by atoms with Crippen LogP contribution in [0.15, 0.2) is 30.3 Å². The second kappa shape index (κ2) is 21.1. The van der Waals surface area contributed by atoms with Crippen molar-refractivity contribution in [2.45, 2.75) is 141 Å². The minimum absolute atomic E-state index is 0. The molecule has 3 atom stereocenters. The van der Waals surface area contributed by atoms with Gasteiger partial charge in [0.15, 0.2) is 8.32 Å². The summed E-state index contributed by atoms with van der Waals surface area (Å²) in [5.41, 5.74) is 1.15. The van der Waals surface area contributed by atoms with Gasteiger partial charge >= 0.3 is 31.7 Å². The third kappa shape index (κ3) is 20.3. The van der Waals surface area contributed by atoms with Gasteiger partial charge in [0, 0.05) is 0 Å². The van der Waals surface area contributed by atoms with E-state index >= 15 is 0 Å². The molecule has 1 N–H and O–H groups in total. The zero-order valence-corrected chi connectivity index (χ0v) is 27.8. The Morgan fingerprint density at radius 2 is 1.35 bits per heavy atom. The van der Waals surface area contributed by atoms with Gasteiger partial charge in [-0.2, -0.15) is 0 Å². The Hall–Kier alpha value is -0.602. The third-order valence-electron chi connectivity index (χ3n) is 5.50. The molecule has 10 heteroatoms. The molecule has 6 nitrogen and oxygen atoms in total. The van der Waals surface area contributed by atoms with Crippen LogP contribution >= 0.6 is 0 Å². The number of ether oxygens (including phenoxy) is 1. The van der Waals surface area contributed by atoms with Gasteiger partial charge in [-0.15, -0.1) is 0 Å². The number of rotatable bonds is 16. The summed E-state index contributed by atoms with van der Waals surface area (Å²) in [5, 5.41) is 0. The van der Waals surface area contributed by atoms with Gasteiger partial charge in [0.05, 0.1) is 12.5 Å². The molecule has 0 aromatic heterocycles. The van der Waals surface area contributed by atoms with Gasteiger partial charge in [0.25, 0.3) is 0 Å². The molecule has 0 amide bonds. The Morgan fingerprint density at radius 1 is 0.825 bits per heavy atom. The molecule has 1 aromatic carbocycles.